The molecule has 2 aromatic carbocycles. The van der Waals surface area contributed by atoms with Gasteiger partial charge in [-0.15, -0.1) is 0 Å². The summed E-state index contributed by atoms with van der Waals surface area (Å²) in [5.74, 6) is -0.614. The molecule has 0 atom stereocenters. The molecule has 0 unspecified atom stereocenters. The van der Waals surface area contributed by atoms with Gasteiger partial charge in [0.25, 0.3) is 0 Å². The van der Waals surface area contributed by atoms with Crippen LogP contribution in [0.25, 0.3) is 18.2 Å². The lowest BCUT2D eigenvalue weighted by molar-refractivity contribution is -0.131. The Balaban J connectivity index is 2.40. The molecule has 2 aromatic rings. The van der Waals surface area contributed by atoms with Gasteiger partial charge in [-0.1, -0.05) is 18.2 Å². The summed E-state index contributed by atoms with van der Waals surface area (Å²) in [5, 5.41) is 28.5. The number of aliphatic carboxylic acids is 1. The second-order valence-corrected chi connectivity index (χ2v) is 5.21. The van der Waals surface area contributed by atoms with Crippen LogP contribution in [0.3, 0.4) is 0 Å². The SMILES string of the molecule is COc1cc(/C=C/C(=O)O)cc(/C=C/c2ccc(O)c(C)c2)c1O. The summed E-state index contributed by atoms with van der Waals surface area (Å²) >= 11 is 0. The number of hydrogen-bond donors (Lipinski definition) is 3. The molecule has 124 valence electrons. The van der Waals surface area contributed by atoms with Gasteiger partial charge in [-0.2, -0.15) is 0 Å². The number of aromatic hydroxyl groups is 2. The molecule has 5 heteroatoms. The van der Waals surface area contributed by atoms with Crippen LogP contribution in [0.2, 0.25) is 0 Å². The summed E-state index contributed by atoms with van der Waals surface area (Å²) in [5.41, 5.74) is 2.69. The third-order valence-electron chi connectivity index (χ3n) is 3.44. The number of phenolic OH excluding ortho intramolecular Hbond substituents is 2. The second-order valence-electron chi connectivity index (χ2n) is 5.21. The van der Waals surface area contributed by atoms with Gasteiger partial charge < -0.3 is 20.1 Å². The molecule has 5 nitrogen and oxygen atoms in total. The minimum absolute atomic E-state index is 0.0308. The highest BCUT2D eigenvalue weighted by molar-refractivity contribution is 5.86. The topological polar surface area (TPSA) is 87.0 Å². The lowest BCUT2D eigenvalue weighted by Gasteiger charge is -2.08. The lowest BCUT2D eigenvalue weighted by Crippen LogP contribution is -1.89. The van der Waals surface area contributed by atoms with Crippen LogP contribution in [-0.4, -0.2) is 28.4 Å². The monoisotopic (exact) mass is 326 g/mol. The van der Waals surface area contributed by atoms with E-state index in [9.17, 15) is 15.0 Å². The van der Waals surface area contributed by atoms with Gasteiger partial charge in [0.2, 0.25) is 0 Å². The van der Waals surface area contributed by atoms with E-state index in [0.717, 1.165) is 17.2 Å². The molecule has 2 rings (SSSR count). The van der Waals surface area contributed by atoms with Crippen molar-refractivity contribution in [2.24, 2.45) is 0 Å². The van der Waals surface area contributed by atoms with Gasteiger partial charge >= 0.3 is 5.97 Å². The largest absolute Gasteiger partial charge is 0.508 e. The molecule has 0 amide bonds. The van der Waals surface area contributed by atoms with E-state index in [1.807, 2.05) is 6.07 Å². The summed E-state index contributed by atoms with van der Waals surface area (Å²) in [6, 6.07) is 8.37. The summed E-state index contributed by atoms with van der Waals surface area (Å²) in [6.07, 6.45) is 5.92. The van der Waals surface area contributed by atoms with Crippen molar-refractivity contribution in [1.29, 1.82) is 0 Å². The fraction of sp³-hybridized carbons (Fsp3) is 0.105. The molecule has 24 heavy (non-hydrogen) atoms. The van der Waals surface area contributed by atoms with E-state index in [1.54, 1.807) is 43.3 Å². The van der Waals surface area contributed by atoms with Crippen LogP contribution in [-0.2, 0) is 4.79 Å². The highest BCUT2D eigenvalue weighted by Crippen LogP contribution is 2.33. The van der Waals surface area contributed by atoms with Crippen LogP contribution in [0.4, 0.5) is 0 Å². The minimum Gasteiger partial charge on any atom is -0.508 e. The Bertz CT molecular complexity index is 819. The minimum atomic E-state index is -1.06. The quantitative estimate of drug-likeness (QED) is 0.576. The van der Waals surface area contributed by atoms with Crippen molar-refractivity contribution in [2.45, 2.75) is 6.92 Å². The molecule has 3 N–H and O–H groups in total. The number of rotatable bonds is 5. The molecule has 0 fully saturated rings. The lowest BCUT2D eigenvalue weighted by atomic mass is 10.1. The summed E-state index contributed by atoms with van der Waals surface area (Å²) in [4.78, 5) is 10.6. The van der Waals surface area contributed by atoms with Crippen molar-refractivity contribution in [3.63, 3.8) is 0 Å². The zero-order valence-electron chi connectivity index (χ0n) is 13.4. The number of phenols is 2. The number of benzene rings is 2. The fourth-order valence-electron chi connectivity index (χ4n) is 2.17. The number of carboxylic acid groups (broad SMARTS) is 1. The smallest absolute Gasteiger partial charge is 0.328 e. The maximum Gasteiger partial charge on any atom is 0.328 e. The highest BCUT2D eigenvalue weighted by Gasteiger charge is 2.08. The van der Waals surface area contributed by atoms with E-state index in [2.05, 4.69) is 0 Å². The van der Waals surface area contributed by atoms with Gasteiger partial charge in [0, 0.05) is 11.6 Å². The van der Waals surface area contributed by atoms with E-state index >= 15 is 0 Å². The molecule has 0 spiro atoms. The van der Waals surface area contributed by atoms with Gasteiger partial charge in [0.1, 0.15) is 5.75 Å². The van der Waals surface area contributed by atoms with Crippen LogP contribution < -0.4 is 4.74 Å². The predicted molar refractivity (Wildman–Crippen MR) is 93.1 cm³/mol. The first-order valence-electron chi connectivity index (χ1n) is 7.20. The van der Waals surface area contributed by atoms with Crippen LogP contribution in [0, 0.1) is 6.92 Å². The molecule has 0 aliphatic carbocycles. The van der Waals surface area contributed by atoms with Crippen LogP contribution in [0.1, 0.15) is 22.3 Å². The van der Waals surface area contributed by atoms with E-state index in [4.69, 9.17) is 9.84 Å². The van der Waals surface area contributed by atoms with Gasteiger partial charge in [-0.25, -0.2) is 4.79 Å². The molecular weight excluding hydrogens is 308 g/mol. The van der Waals surface area contributed by atoms with Gasteiger partial charge in [0.15, 0.2) is 11.5 Å². The normalized spacial score (nSPS) is 11.2. The summed E-state index contributed by atoms with van der Waals surface area (Å²) < 4.78 is 5.12. The fourth-order valence-corrected chi connectivity index (χ4v) is 2.17. The van der Waals surface area contributed by atoms with Crippen molar-refractivity contribution in [1.82, 2.24) is 0 Å². The molecule has 0 heterocycles. The maximum atomic E-state index is 10.6. The van der Waals surface area contributed by atoms with E-state index in [-0.39, 0.29) is 17.2 Å². The van der Waals surface area contributed by atoms with Crippen LogP contribution in [0.15, 0.2) is 36.4 Å². The van der Waals surface area contributed by atoms with Gasteiger partial charge in [-0.05, 0) is 54.0 Å². The Morgan fingerprint density at radius 3 is 2.42 bits per heavy atom. The summed E-state index contributed by atoms with van der Waals surface area (Å²) in [6.45, 7) is 1.80. The molecule has 0 aliphatic rings. The van der Waals surface area contributed by atoms with Gasteiger partial charge in [-0.3, -0.25) is 0 Å². The first-order valence-corrected chi connectivity index (χ1v) is 7.20. The van der Waals surface area contributed by atoms with Crippen molar-refractivity contribution in [2.75, 3.05) is 7.11 Å². The van der Waals surface area contributed by atoms with Gasteiger partial charge in [0.05, 0.1) is 7.11 Å². The van der Waals surface area contributed by atoms with Crippen molar-refractivity contribution in [3.05, 3.63) is 58.7 Å². The predicted octanol–water partition coefficient (Wildman–Crippen LogP) is 3.68. The average Bonchev–Trinajstić information content (AvgIpc) is 2.55. The number of carbonyl (C=O) groups is 1. The Hall–Kier alpha value is -3.21. The number of carboxylic acids is 1. The molecule has 0 aromatic heterocycles. The van der Waals surface area contributed by atoms with Crippen molar-refractivity contribution in [3.8, 4) is 17.2 Å². The number of methoxy groups -OCH3 is 1. The van der Waals surface area contributed by atoms with E-state index < -0.39 is 5.97 Å². The molecule has 0 aliphatic heterocycles. The first-order chi connectivity index (χ1) is 11.4. The Kier molecular flexibility index (Phi) is 5.27. The molecule has 0 radical (unpaired) electrons. The second kappa shape index (κ2) is 7.37. The third kappa shape index (κ3) is 4.16. The van der Waals surface area contributed by atoms with Crippen LogP contribution >= 0.6 is 0 Å². The third-order valence-corrected chi connectivity index (χ3v) is 3.44. The first kappa shape index (κ1) is 17.1. The number of hydrogen-bond acceptors (Lipinski definition) is 4. The highest BCUT2D eigenvalue weighted by atomic mass is 16.5. The van der Waals surface area contributed by atoms with Crippen LogP contribution in [0.5, 0.6) is 17.2 Å². The zero-order chi connectivity index (χ0) is 17.7. The van der Waals surface area contributed by atoms with E-state index in [0.29, 0.717) is 11.1 Å². The Morgan fingerprint density at radius 2 is 1.79 bits per heavy atom. The van der Waals surface area contributed by atoms with Crippen molar-refractivity contribution >= 4 is 24.2 Å². The summed E-state index contributed by atoms with van der Waals surface area (Å²) in [7, 11) is 1.43. The van der Waals surface area contributed by atoms with E-state index in [1.165, 1.54) is 13.2 Å². The molecule has 0 bridgehead atoms. The molecule has 0 saturated carbocycles. The van der Waals surface area contributed by atoms with Crippen molar-refractivity contribution < 1.29 is 24.9 Å². The zero-order valence-corrected chi connectivity index (χ0v) is 13.4. The molecule has 0 saturated heterocycles. The number of aryl methyl sites for hydroxylation is 1. The Labute approximate surface area is 139 Å². The molecular formula is C19H18O5. The standard InChI is InChI=1S/C19H18O5/c1-12-9-13(4-7-16(12)20)3-6-15-10-14(5-8-18(21)22)11-17(24-2)19(15)23/h3-11,20,23H,1-2H3,(H,21,22)/b6-3+,8-5+. The Morgan fingerprint density at radius 1 is 1.04 bits per heavy atom. The maximum absolute atomic E-state index is 10.6. The average molecular weight is 326 g/mol. The number of ether oxygens (including phenoxy) is 1.